The van der Waals surface area contributed by atoms with Crippen LogP contribution in [0.15, 0.2) is 0 Å². The maximum Gasteiger partial charge on any atom is 0.309 e. The molecule has 0 radical (unpaired) electrons. The lowest BCUT2D eigenvalue weighted by Crippen LogP contribution is -2.30. The lowest BCUT2D eigenvalue weighted by molar-refractivity contribution is -0.144. The molecule has 1 unspecified atom stereocenters. The van der Waals surface area contributed by atoms with Gasteiger partial charge < -0.3 is 10.1 Å². The Morgan fingerprint density at radius 1 is 1.50 bits per heavy atom. The van der Waals surface area contributed by atoms with Gasteiger partial charge in [-0.25, -0.2) is 0 Å². The molecule has 0 aromatic rings. The third kappa shape index (κ3) is 3.66. The Bertz CT molecular complexity index is 176. The third-order valence-electron chi connectivity index (χ3n) is 2.96. The van der Waals surface area contributed by atoms with Gasteiger partial charge in [-0.2, -0.15) is 0 Å². The van der Waals surface area contributed by atoms with Crippen LogP contribution in [0.1, 0.15) is 32.6 Å². The van der Waals surface area contributed by atoms with E-state index < -0.39 is 0 Å². The Labute approximate surface area is 86.2 Å². The number of rotatable bonds is 5. The molecule has 1 N–H and O–H groups in total. The van der Waals surface area contributed by atoms with Crippen molar-refractivity contribution in [1.29, 1.82) is 0 Å². The number of hydrogen-bond acceptors (Lipinski definition) is 3. The van der Waals surface area contributed by atoms with Gasteiger partial charge in [0, 0.05) is 6.54 Å². The third-order valence-corrected chi connectivity index (χ3v) is 2.96. The normalized spacial score (nSPS) is 19.6. The molecule has 82 valence electrons. The molecular weight excluding hydrogens is 178 g/mol. The van der Waals surface area contributed by atoms with E-state index in [4.69, 9.17) is 0 Å². The van der Waals surface area contributed by atoms with Crippen LogP contribution in [0, 0.1) is 11.8 Å². The van der Waals surface area contributed by atoms with Gasteiger partial charge in [-0.3, -0.25) is 4.79 Å². The van der Waals surface area contributed by atoms with Crippen molar-refractivity contribution in [3.8, 4) is 0 Å². The maximum atomic E-state index is 11.1. The molecule has 1 fully saturated rings. The van der Waals surface area contributed by atoms with E-state index in [9.17, 15) is 4.79 Å². The van der Waals surface area contributed by atoms with Crippen molar-refractivity contribution in [3.05, 3.63) is 0 Å². The topological polar surface area (TPSA) is 38.3 Å². The highest BCUT2D eigenvalue weighted by Gasteiger charge is 2.16. The fourth-order valence-corrected chi connectivity index (χ4v) is 2.00. The fourth-order valence-electron chi connectivity index (χ4n) is 2.00. The first-order valence-electron chi connectivity index (χ1n) is 5.52. The number of carbonyl (C=O) groups is 1. The van der Waals surface area contributed by atoms with Crippen LogP contribution in [0.3, 0.4) is 0 Å². The summed E-state index contributed by atoms with van der Waals surface area (Å²) in [5, 5.41) is 3.34. The zero-order valence-corrected chi connectivity index (χ0v) is 9.21. The van der Waals surface area contributed by atoms with Crippen molar-refractivity contribution >= 4 is 5.97 Å². The van der Waals surface area contributed by atoms with Crippen LogP contribution in [-0.4, -0.2) is 26.2 Å². The molecule has 1 atom stereocenters. The molecule has 3 heteroatoms. The molecule has 0 aromatic carbocycles. The van der Waals surface area contributed by atoms with Gasteiger partial charge in [0.15, 0.2) is 0 Å². The Morgan fingerprint density at radius 2 is 2.14 bits per heavy atom. The smallest absolute Gasteiger partial charge is 0.309 e. The standard InChI is InChI=1S/C11H21NO2/c1-9(11(13)14-2)7-12-8-10-5-3-4-6-10/h9-10,12H,3-8H2,1-2H3. The summed E-state index contributed by atoms with van der Waals surface area (Å²) in [7, 11) is 1.44. The molecule has 0 spiro atoms. The highest BCUT2D eigenvalue weighted by molar-refractivity contribution is 5.71. The Balaban J connectivity index is 2.05. The van der Waals surface area contributed by atoms with Crippen molar-refractivity contribution in [2.24, 2.45) is 11.8 Å². The van der Waals surface area contributed by atoms with Crippen LogP contribution in [-0.2, 0) is 9.53 Å². The van der Waals surface area contributed by atoms with E-state index in [1.54, 1.807) is 0 Å². The maximum absolute atomic E-state index is 11.1. The zero-order valence-electron chi connectivity index (χ0n) is 9.21. The minimum absolute atomic E-state index is 0.0265. The van der Waals surface area contributed by atoms with Crippen LogP contribution in [0.4, 0.5) is 0 Å². The number of esters is 1. The molecular formula is C11H21NO2. The molecule has 1 aliphatic rings. The summed E-state index contributed by atoms with van der Waals surface area (Å²) < 4.78 is 4.66. The first-order chi connectivity index (χ1) is 6.74. The molecule has 3 nitrogen and oxygen atoms in total. The van der Waals surface area contributed by atoms with Crippen molar-refractivity contribution in [3.63, 3.8) is 0 Å². The van der Waals surface area contributed by atoms with E-state index in [2.05, 4.69) is 10.1 Å². The van der Waals surface area contributed by atoms with Gasteiger partial charge in [-0.1, -0.05) is 19.8 Å². The number of carbonyl (C=O) groups excluding carboxylic acids is 1. The molecule has 1 rings (SSSR count). The van der Waals surface area contributed by atoms with Gasteiger partial charge in [-0.15, -0.1) is 0 Å². The second-order valence-electron chi connectivity index (χ2n) is 4.23. The summed E-state index contributed by atoms with van der Waals surface area (Å²) in [6.45, 7) is 3.69. The predicted octanol–water partition coefficient (Wildman–Crippen LogP) is 1.58. The summed E-state index contributed by atoms with van der Waals surface area (Å²) in [6, 6.07) is 0. The van der Waals surface area contributed by atoms with Gasteiger partial charge in [0.1, 0.15) is 0 Å². The monoisotopic (exact) mass is 199 g/mol. The highest BCUT2D eigenvalue weighted by atomic mass is 16.5. The molecule has 1 saturated carbocycles. The van der Waals surface area contributed by atoms with Crippen LogP contribution in [0.5, 0.6) is 0 Å². The van der Waals surface area contributed by atoms with E-state index in [-0.39, 0.29) is 11.9 Å². The molecule has 0 aliphatic heterocycles. The zero-order chi connectivity index (χ0) is 10.4. The number of hydrogen-bond donors (Lipinski definition) is 1. The summed E-state index contributed by atoms with van der Waals surface area (Å²) in [5.41, 5.74) is 0. The van der Waals surface area contributed by atoms with Gasteiger partial charge in [0.05, 0.1) is 13.0 Å². The van der Waals surface area contributed by atoms with E-state index in [0.29, 0.717) is 0 Å². The molecule has 0 bridgehead atoms. The van der Waals surface area contributed by atoms with E-state index >= 15 is 0 Å². The summed E-state index contributed by atoms with van der Waals surface area (Å²) in [4.78, 5) is 11.1. The summed E-state index contributed by atoms with van der Waals surface area (Å²) in [5.74, 6) is 0.685. The lowest BCUT2D eigenvalue weighted by atomic mass is 10.1. The second-order valence-corrected chi connectivity index (χ2v) is 4.23. The summed E-state index contributed by atoms with van der Waals surface area (Å²) >= 11 is 0. The number of ether oxygens (including phenoxy) is 1. The van der Waals surface area contributed by atoms with Crippen LogP contribution in [0.2, 0.25) is 0 Å². The average molecular weight is 199 g/mol. The van der Waals surface area contributed by atoms with Gasteiger partial charge in [-0.05, 0) is 25.3 Å². The molecule has 0 aromatic heterocycles. The Hall–Kier alpha value is -0.570. The summed E-state index contributed by atoms with van der Waals surface area (Å²) in [6.07, 6.45) is 5.44. The highest BCUT2D eigenvalue weighted by Crippen LogP contribution is 2.23. The first kappa shape index (κ1) is 11.5. The largest absolute Gasteiger partial charge is 0.469 e. The van der Waals surface area contributed by atoms with Gasteiger partial charge in [0.2, 0.25) is 0 Å². The molecule has 1 aliphatic carbocycles. The second kappa shape index (κ2) is 6.02. The lowest BCUT2D eigenvalue weighted by Gasteiger charge is -2.13. The minimum atomic E-state index is -0.121. The quantitative estimate of drug-likeness (QED) is 0.683. The van der Waals surface area contributed by atoms with Crippen LogP contribution < -0.4 is 5.32 Å². The van der Waals surface area contributed by atoms with Crippen LogP contribution >= 0.6 is 0 Å². The SMILES string of the molecule is COC(=O)C(C)CNCC1CCCC1. The van der Waals surface area contributed by atoms with Gasteiger partial charge in [0.25, 0.3) is 0 Å². The average Bonchev–Trinajstić information content (AvgIpc) is 2.69. The predicted molar refractivity (Wildman–Crippen MR) is 56.0 cm³/mol. The van der Waals surface area contributed by atoms with E-state index in [1.807, 2.05) is 6.92 Å². The molecule has 0 amide bonds. The molecule has 0 heterocycles. The Morgan fingerprint density at radius 3 is 2.71 bits per heavy atom. The fraction of sp³-hybridized carbons (Fsp3) is 0.909. The Kier molecular flexibility index (Phi) is 4.94. The number of methoxy groups -OCH3 is 1. The van der Waals surface area contributed by atoms with Crippen LogP contribution in [0.25, 0.3) is 0 Å². The number of nitrogens with one attached hydrogen (secondary N) is 1. The molecule has 14 heavy (non-hydrogen) atoms. The van der Waals surface area contributed by atoms with Crippen molar-refractivity contribution in [2.75, 3.05) is 20.2 Å². The minimum Gasteiger partial charge on any atom is -0.469 e. The van der Waals surface area contributed by atoms with Crippen molar-refractivity contribution in [2.45, 2.75) is 32.6 Å². The first-order valence-corrected chi connectivity index (χ1v) is 5.52. The molecule has 0 saturated heterocycles. The van der Waals surface area contributed by atoms with Crippen molar-refractivity contribution in [1.82, 2.24) is 5.32 Å². The van der Waals surface area contributed by atoms with E-state index in [1.165, 1.54) is 32.8 Å². The van der Waals surface area contributed by atoms with E-state index in [0.717, 1.165) is 19.0 Å². The van der Waals surface area contributed by atoms with Gasteiger partial charge >= 0.3 is 5.97 Å². The van der Waals surface area contributed by atoms with Crippen molar-refractivity contribution < 1.29 is 9.53 Å².